The number of nitrogens with one attached hydrogen (secondary N) is 1. The molecule has 3 aliphatic rings. The van der Waals surface area contributed by atoms with Gasteiger partial charge in [-0.15, -0.1) is 24.0 Å². The molecule has 1 saturated heterocycles. The van der Waals surface area contributed by atoms with Crippen LogP contribution in [0.25, 0.3) is 0 Å². The summed E-state index contributed by atoms with van der Waals surface area (Å²) in [4.78, 5) is 6.92. The van der Waals surface area contributed by atoms with Gasteiger partial charge in [0.05, 0.1) is 6.10 Å². The van der Waals surface area contributed by atoms with Crippen LogP contribution in [0.15, 0.2) is 4.99 Å². The summed E-state index contributed by atoms with van der Waals surface area (Å²) in [6.07, 6.45) is 12.5. The SMILES string of the molecule is CN=C(NCCCOC1CCCC1)N1CCC2(CCC2)C1.I. The lowest BCUT2D eigenvalue weighted by Gasteiger charge is -2.38. The topological polar surface area (TPSA) is 36.9 Å². The van der Waals surface area contributed by atoms with Gasteiger partial charge >= 0.3 is 0 Å². The quantitative estimate of drug-likeness (QED) is 0.320. The van der Waals surface area contributed by atoms with Gasteiger partial charge in [-0.3, -0.25) is 4.99 Å². The molecule has 0 unspecified atom stereocenters. The third-order valence-corrected chi connectivity index (χ3v) is 5.62. The molecule has 3 rings (SSSR count). The van der Waals surface area contributed by atoms with Crippen molar-refractivity contribution in [2.75, 3.05) is 33.3 Å². The molecule has 0 radical (unpaired) electrons. The highest BCUT2D eigenvalue weighted by Gasteiger charge is 2.43. The summed E-state index contributed by atoms with van der Waals surface area (Å²) in [6, 6.07) is 0. The molecule has 128 valence electrons. The monoisotopic (exact) mass is 421 g/mol. The minimum atomic E-state index is 0. The van der Waals surface area contributed by atoms with E-state index in [2.05, 4.69) is 15.2 Å². The zero-order valence-corrected chi connectivity index (χ0v) is 16.3. The standard InChI is InChI=1S/C17H31N3O.HI/c1-18-16(20-12-10-17(14-20)8-4-9-17)19-11-5-13-21-15-6-2-3-7-15;/h15H,2-14H2,1H3,(H,18,19);1H. The first kappa shape index (κ1) is 18.3. The number of nitrogens with zero attached hydrogens (tertiary/aromatic N) is 2. The van der Waals surface area contributed by atoms with Gasteiger partial charge in [0, 0.05) is 33.3 Å². The maximum atomic E-state index is 5.91. The summed E-state index contributed by atoms with van der Waals surface area (Å²) in [5, 5.41) is 3.52. The lowest BCUT2D eigenvalue weighted by Crippen LogP contribution is -2.43. The second-order valence-corrected chi connectivity index (χ2v) is 7.13. The predicted octanol–water partition coefficient (Wildman–Crippen LogP) is 3.41. The molecule has 1 aliphatic heterocycles. The molecule has 0 bridgehead atoms. The fraction of sp³-hybridized carbons (Fsp3) is 0.941. The summed E-state index contributed by atoms with van der Waals surface area (Å²) < 4.78 is 5.91. The van der Waals surface area contributed by atoms with Gasteiger partial charge in [0.1, 0.15) is 0 Å². The second kappa shape index (κ2) is 8.71. The van der Waals surface area contributed by atoms with E-state index in [9.17, 15) is 0 Å². The van der Waals surface area contributed by atoms with Crippen molar-refractivity contribution in [3.8, 4) is 0 Å². The number of likely N-dealkylation sites (tertiary alicyclic amines) is 1. The van der Waals surface area contributed by atoms with E-state index in [0.717, 1.165) is 25.5 Å². The van der Waals surface area contributed by atoms with Crippen LogP contribution in [0.5, 0.6) is 0 Å². The zero-order valence-electron chi connectivity index (χ0n) is 14.0. The van der Waals surface area contributed by atoms with Crippen molar-refractivity contribution in [2.24, 2.45) is 10.4 Å². The van der Waals surface area contributed by atoms with Crippen molar-refractivity contribution >= 4 is 29.9 Å². The molecule has 0 amide bonds. The van der Waals surface area contributed by atoms with Crippen LogP contribution >= 0.6 is 24.0 Å². The Labute approximate surface area is 152 Å². The van der Waals surface area contributed by atoms with Crippen molar-refractivity contribution in [2.45, 2.75) is 63.9 Å². The molecule has 0 aromatic carbocycles. The third kappa shape index (κ3) is 4.49. The molecule has 0 atom stereocenters. The molecule has 3 fully saturated rings. The first-order chi connectivity index (χ1) is 10.3. The molecular weight excluding hydrogens is 389 g/mol. The first-order valence-electron chi connectivity index (χ1n) is 8.89. The number of aliphatic imine (C=N–C) groups is 1. The number of hydrogen-bond acceptors (Lipinski definition) is 2. The van der Waals surface area contributed by atoms with Crippen LogP contribution in [0.1, 0.15) is 57.8 Å². The van der Waals surface area contributed by atoms with Crippen LogP contribution in [0.2, 0.25) is 0 Å². The molecule has 22 heavy (non-hydrogen) atoms. The molecule has 1 spiro atoms. The highest BCUT2D eigenvalue weighted by atomic mass is 127. The maximum absolute atomic E-state index is 5.91. The smallest absolute Gasteiger partial charge is 0.193 e. The molecule has 2 aliphatic carbocycles. The van der Waals surface area contributed by atoms with Gasteiger partial charge in [-0.2, -0.15) is 0 Å². The van der Waals surface area contributed by atoms with E-state index in [1.54, 1.807) is 0 Å². The third-order valence-electron chi connectivity index (χ3n) is 5.62. The highest BCUT2D eigenvalue weighted by Crippen LogP contribution is 2.47. The predicted molar refractivity (Wildman–Crippen MR) is 102 cm³/mol. The van der Waals surface area contributed by atoms with E-state index in [1.807, 2.05) is 7.05 Å². The Morgan fingerprint density at radius 2 is 2.00 bits per heavy atom. The van der Waals surface area contributed by atoms with Crippen molar-refractivity contribution in [1.29, 1.82) is 0 Å². The summed E-state index contributed by atoms with van der Waals surface area (Å²) in [6.45, 7) is 4.25. The summed E-state index contributed by atoms with van der Waals surface area (Å²) >= 11 is 0. The average Bonchev–Trinajstić information content (AvgIpc) is 3.11. The van der Waals surface area contributed by atoms with E-state index in [4.69, 9.17) is 4.74 Å². The van der Waals surface area contributed by atoms with Crippen molar-refractivity contribution < 1.29 is 4.74 Å². The first-order valence-corrected chi connectivity index (χ1v) is 8.89. The Bertz CT molecular complexity index is 365. The van der Waals surface area contributed by atoms with E-state index in [1.165, 1.54) is 64.5 Å². The second-order valence-electron chi connectivity index (χ2n) is 7.13. The Balaban J connectivity index is 0.00000176. The van der Waals surface area contributed by atoms with Gasteiger partial charge in [0.2, 0.25) is 0 Å². The van der Waals surface area contributed by atoms with E-state index in [0.29, 0.717) is 11.5 Å². The molecule has 0 aromatic heterocycles. The molecule has 5 heteroatoms. The molecule has 1 heterocycles. The van der Waals surface area contributed by atoms with E-state index < -0.39 is 0 Å². The van der Waals surface area contributed by atoms with Crippen LogP contribution < -0.4 is 5.32 Å². The number of halogens is 1. The zero-order chi connectivity index (χ0) is 14.5. The molecule has 2 saturated carbocycles. The fourth-order valence-corrected chi connectivity index (χ4v) is 4.11. The van der Waals surface area contributed by atoms with Gasteiger partial charge in [-0.05, 0) is 43.9 Å². The van der Waals surface area contributed by atoms with Crippen LogP contribution in [0.4, 0.5) is 0 Å². The Kier molecular flexibility index (Phi) is 7.25. The largest absolute Gasteiger partial charge is 0.378 e. The maximum Gasteiger partial charge on any atom is 0.193 e. The molecule has 0 aromatic rings. The van der Waals surface area contributed by atoms with Gasteiger partial charge < -0.3 is 15.0 Å². The summed E-state index contributed by atoms with van der Waals surface area (Å²) in [7, 11) is 1.91. The minimum Gasteiger partial charge on any atom is -0.378 e. The molecular formula is C17H32IN3O. The van der Waals surface area contributed by atoms with Crippen LogP contribution in [0, 0.1) is 5.41 Å². The summed E-state index contributed by atoms with van der Waals surface area (Å²) in [5.41, 5.74) is 0.642. The van der Waals surface area contributed by atoms with Crippen LogP contribution in [0.3, 0.4) is 0 Å². The van der Waals surface area contributed by atoms with Gasteiger partial charge in [0.15, 0.2) is 5.96 Å². The van der Waals surface area contributed by atoms with Crippen molar-refractivity contribution in [1.82, 2.24) is 10.2 Å². The Hall–Kier alpha value is -0.0400. The molecule has 1 N–H and O–H groups in total. The Morgan fingerprint density at radius 1 is 1.23 bits per heavy atom. The van der Waals surface area contributed by atoms with Crippen molar-refractivity contribution in [3.63, 3.8) is 0 Å². The Morgan fingerprint density at radius 3 is 2.59 bits per heavy atom. The van der Waals surface area contributed by atoms with E-state index in [-0.39, 0.29) is 24.0 Å². The number of rotatable bonds is 5. The lowest BCUT2D eigenvalue weighted by atomic mass is 9.68. The summed E-state index contributed by atoms with van der Waals surface area (Å²) in [5.74, 6) is 1.10. The minimum absolute atomic E-state index is 0. The van der Waals surface area contributed by atoms with Gasteiger partial charge in [0.25, 0.3) is 0 Å². The normalized spacial score (nSPS) is 24.4. The highest BCUT2D eigenvalue weighted by molar-refractivity contribution is 14.0. The number of guanidine groups is 1. The number of ether oxygens (including phenoxy) is 1. The number of hydrogen-bond donors (Lipinski definition) is 1. The lowest BCUT2D eigenvalue weighted by molar-refractivity contribution is 0.0573. The molecule has 4 nitrogen and oxygen atoms in total. The van der Waals surface area contributed by atoms with Crippen molar-refractivity contribution in [3.05, 3.63) is 0 Å². The van der Waals surface area contributed by atoms with Crippen LogP contribution in [-0.2, 0) is 4.74 Å². The van der Waals surface area contributed by atoms with Crippen LogP contribution in [-0.4, -0.2) is 50.3 Å². The van der Waals surface area contributed by atoms with Gasteiger partial charge in [-0.25, -0.2) is 0 Å². The average molecular weight is 421 g/mol. The van der Waals surface area contributed by atoms with Gasteiger partial charge in [-0.1, -0.05) is 19.3 Å². The van der Waals surface area contributed by atoms with E-state index >= 15 is 0 Å². The fourth-order valence-electron chi connectivity index (χ4n) is 4.11.